The Hall–Kier alpha value is -1.56. The lowest BCUT2D eigenvalue weighted by molar-refractivity contribution is 0.262. The quantitative estimate of drug-likeness (QED) is 0.590. The minimum absolute atomic E-state index is 0.207. The van der Waals surface area contributed by atoms with E-state index in [9.17, 15) is 9.59 Å². The minimum Gasteiger partial charge on any atom is -0.346 e. The highest BCUT2D eigenvalue weighted by Crippen LogP contribution is 2.10. The predicted octanol–water partition coefficient (Wildman–Crippen LogP) is 1.50. The number of hydrogen-bond donors (Lipinski definition) is 3. The van der Waals surface area contributed by atoms with Crippen LogP contribution in [0.2, 0.25) is 0 Å². The monoisotopic (exact) mass is 283 g/mol. The fraction of sp³-hybridized carbons (Fsp3) is 0.200. The molecule has 0 saturated carbocycles. The Morgan fingerprint density at radius 3 is 2.81 bits per heavy atom. The van der Waals surface area contributed by atoms with E-state index < -0.39 is 0 Å². The van der Waals surface area contributed by atoms with Gasteiger partial charge in [-0.2, -0.15) is 0 Å². The molecule has 0 fully saturated rings. The van der Waals surface area contributed by atoms with Gasteiger partial charge in [-0.25, -0.2) is 4.79 Å². The van der Waals surface area contributed by atoms with Crippen molar-refractivity contribution in [3.8, 4) is 0 Å². The number of carbonyl (C=O) groups excluding carboxylic acids is 1. The van der Waals surface area contributed by atoms with Crippen molar-refractivity contribution in [2.24, 2.45) is 0 Å². The second-order valence-electron chi connectivity index (χ2n) is 3.41. The van der Waals surface area contributed by atoms with Gasteiger partial charge in [0.2, 0.25) is 0 Å². The molecule has 2 rings (SSSR count). The van der Waals surface area contributed by atoms with Crippen molar-refractivity contribution in [3.05, 3.63) is 34.2 Å². The van der Waals surface area contributed by atoms with Crippen LogP contribution in [0.5, 0.6) is 0 Å². The molecule has 0 bridgehead atoms. The molecular formula is C10H10BrN3O2. The summed E-state index contributed by atoms with van der Waals surface area (Å²) in [6, 6.07) is 5.67. The maximum absolute atomic E-state index is 11.0. The third-order valence-electron chi connectivity index (χ3n) is 2.26. The maximum atomic E-state index is 11.0. The van der Waals surface area contributed by atoms with Crippen molar-refractivity contribution in [3.63, 3.8) is 0 Å². The second kappa shape index (κ2) is 4.52. The van der Waals surface area contributed by atoms with Crippen LogP contribution in [0.25, 0.3) is 11.0 Å². The molecule has 6 heteroatoms. The third kappa shape index (κ3) is 2.52. The smallest absolute Gasteiger partial charge is 0.323 e. The van der Waals surface area contributed by atoms with Gasteiger partial charge in [0, 0.05) is 22.5 Å². The molecule has 1 aromatic heterocycles. The van der Waals surface area contributed by atoms with Gasteiger partial charge in [-0.1, -0.05) is 6.07 Å². The number of amides is 1. The highest BCUT2D eigenvalue weighted by atomic mass is 79.9. The molecule has 3 N–H and O–H groups in total. The highest BCUT2D eigenvalue weighted by Gasteiger charge is 2.00. The Bertz CT molecular complexity index is 573. The molecule has 0 aliphatic carbocycles. The normalized spacial score (nSPS) is 10.6. The summed E-state index contributed by atoms with van der Waals surface area (Å²) in [6.45, 7) is 0.560. The molecule has 0 saturated heterocycles. The van der Waals surface area contributed by atoms with Gasteiger partial charge >= 0.3 is 5.69 Å². The molecule has 1 aromatic carbocycles. The van der Waals surface area contributed by atoms with E-state index in [0.717, 1.165) is 23.0 Å². The number of benzene rings is 1. The highest BCUT2D eigenvalue weighted by molar-refractivity contribution is 9.18. The van der Waals surface area contributed by atoms with Gasteiger partial charge < -0.3 is 15.3 Å². The number of halogens is 1. The Morgan fingerprint density at radius 1 is 1.31 bits per heavy atom. The zero-order valence-corrected chi connectivity index (χ0v) is 9.93. The molecule has 2 aromatic rings. The van der Waals surface area contributed by atoms with Crippen LogP contribution < -0.4 is 11.0 Å². The number of hydrogen-bond acceptors (Lipinski definition) is 2. The average molecular weight is 284 g/mol. The first-order valence-corrected chi connectivity index (χ1v) is 5.59. The molecule has 0 aliphatic heterocycles. The van der Waals surface area contributed by atoms with E-state index in [1.54, 1.807) is 0 Å². The van der Waals surface area contributed by atoms with Crippen molar-refractivity contribution in [1.29, 1.82) is 0 Å². The Balaban J connectivity index is 2.13. The van der Waals surface area contributed by atoms with Crippen LogP contribution in [-0.4, -0.2) is 21.3 Å². The molecule has 0 spiro atoms. The summed E-state index contributed by atoms with van der Waals surface area (Å²) in [5.74, 6) is 0. The van der Waals surface area contributed by atoms with Crippen molar-refractivity contribution in [1.82, 2.24) is 15.3 Å². The molecule has 0 unspecified atom stereocenters. The Morgan fingerprint density at radius 2 is 2.06 bits per heavy atom. The van der Waals surface area contributed by atoms with Crippen molar-refractivity contribution in [2.75, 3.05) is 6.54 Å². The van der Waals surface area contributed by atoms with E-state index in [2.05, 4.69) is 31.2 Å². The second-order valence-corrected chi connectivity index (χ2v) is 4.13. The molecule has 0 radical (unpaired) electrons. The zero-order valence-electron chi connectivity index (χ0n) is 8.34. The number of rotatable bonds is 3. The topological polar surface area (TPSA) is 77.8 Å². The van der Waals surface area contributed by atoms with Crippen LogP contribution in [0, 0.1) is 0 Å². The summed E-state index contributed by atoms with van der Waals surface area (Å²) in [7, 11) is 0. The lowest BCUT2D eigenvalue weighted by Gasteiger charge is -2.01. The Kier molecular flexibility index (Phi) is 3.09. The summed E-state index contributed by atoms with van der Waals surface area (Å²) in [6.07, 6.45) is 0.723. The van der Waals surface area contributed by atoms with Crippen LogP contribution in [0.4, 0.5) is 4.79 Å². The standard InChI is InChI=1S/C10H10BrN3O2/c11-9(15)12-4-3-6-1-2-7-8(5-6)14-10(16)13-7/h1-2,5H,3-4H2,(H,12,15)(H2,13,14,16). The van der Waals surface area contributed by atoms with Gasteiger partial charge in [-0.15, -0.1) is 0 Å². The van der Waals surface area contributed by atoms with Crippen molar-refractivity contribution < 1.29 is 4.79 Å². The van der Waals surface area contributed by atoms with E-state index in [4.69, 9.17) is 0 Å². The fourth-order valence-electron chi connectivity index (χ4n) is 1.54. The lowest BCUT2D eigenvalue weighted by atomic mass is 10.1. The van der Waals surface area contributed by atoms with Gasteiger partial charge in [0.1, 0.15) is 0 Å². The number of H-pyrrole nitrogens is 2. The van der Waals surface area contributed by atoms with Gasteiger partial charge in [0.25, 0.3) is 4.82 Å². The molecular weight excluding hydrogens is 274 g/mol. The largest absolute Gasteiger partial charge is 0.346 e. The van der Waals surface area contributed by atoms with Crippen LogP contribution in [0.1, 0.15) is 5.56 Å². The number of aromatic amines is 2. The molecule has 5 nitrogen and oxygen atoms in total. The van der Waals surface area contributed by atoms with E-state index in [1.807, 2.05) is 18.2 Å². The zero-order chi connectivity index (χ0) is 11.5. The van der Waals surface area contributed by atoms with Crippen LogP contribution in [0.15, 0.2) is 23.0 Å². The van der Waals surface area contributed by atoms with E-state index in [0.29, 0.717) is 6.54 Å². The molecule has 1 heterocycles. The first-order chi connectivity index (χ1) is 7.65. The predicted molar refractivity (Wildman–Crippen MR) is 64.9 cm³/mol. The molecule has 1 amide bonds. The molecule has 0 atom stereocenters. The molecule has 16 heavy (non-hydrogen) atoms. The number of imidazole rings is 1. The van der Waals surface area contributed by atoms with Gasteiger partial charge in [0.05, 0.1) is 11.0 Å². The van der Waals surface area contributed by atoms with E-state index in [1.165, 1.54) is 0 Å². The number of nitrogens with one attached hydrogen (secondary N) is 3. The minimum atomic E-state index is -0.219. The van der Waals surface area contributed by atoms with Crippen molar-refractivity contribution >= 4 is 31.8 Å². The van der Waals surface area contributed by atoms with E-state index >= 15 is 0 Å². The SMILES string of the molecule is O=C(Br)NCCc1ccc2[nH]c(=O)[nH]c2c1. The summed E-state index contributed by atoms with van der Waals surface area (Å²) in [4.78, 5) is 26.8. The summed E-state index contributed by atoms with van der Waals surface area (Å²) >= 11 is 2.79. The van der Waals surface area contributed by atoms with Crippen molar-refractivity contribution in [2.45, 2.75) is 6.42 Å². The van der Waals surface area contributed by atoms with E-state index in [-0.39, 0.29) is 10.5 Å². The lowest BCUT2D eigenvalue weighted by Crippen LogP contribution is -2.18. The Labute approximate surface area is 99.4 Å². The fourth-order valence-corrected chi connectivity index (χ4v) is 1.74. The summed E-state index contributed by atoms with van der Waals surface area (Å²) in [5, 5.41) is 2.65. The number of carbonyl (C=O) groups is 1. The first-order valence-electron chi connectivity index (χ1n) is 4.79. The summed E-state index contributed by atoms with van der Waals surface area (Å²) in [5.41, 5.74) is 2.43. The first kappa shape index (κ1) is 10.9. The third-order valence-corrected chi connectivity index (χ3v) is 2.54. The number of aromatic nitrogens is 2. The number of fused-ring (bicyclic) bond motifs is 1. The van der Waals surface area contributed by atoms with Crippen LogP contribution >= 0.6 is 15.9 Å². The van der Waals surface area contributed by atoms with Crippen LogP contribution in [-0.2, 0) is 6.42 Å². The van der Waals surface area contributed by atoms with Gasteiger partial charge in [0.15, 0.2) is 0 Å². The average Bonchev–Trinajstić information content (AvgIpc) is 2.56. The van der Waals surface area contributed by atoms with Gasteiger partial charge in [-0.05, 0) is 24.1 Å². The van der Waals surface area contributed by atoms with Gasteiger partial charge in [-0.3, -0.25) is 4.79 Å². The maximum Gasteiger partial charge on any atom is 0.323 e. The molecule has 0 aliphatic rings. The van der Waals surface area contributed by atoms with Crippen LogP contribution in [0.3, 0.4) is 0 Å². The summed E-state index contributed by atoms with van der Waals surface area (Å²) < 4.78 is 0. The molecule has 84 valence electrons.